The monoisotopic (exact) mass is 365 g/mol. The van der Waals surface area contributed by atoms with Crippen LogP contribution in [-0.2, 0) is 4.79 Å². The van der Waals surface area contributed by atoms with E-state index in [2.05, 4.69) is 41.7 Å². The fourth-order valence-corrected chi connectivity index (χ4v) is 3.55. The first-order valence-electron chi connectivity index (χ1n) is 9.95. The van der Waals surface area contributed by atoms with Crippen LogP contribution < -0.4 is 15.1 Å². The molecule has 1 amide bonds. The Morgan fingerprint density at radius 1 is 0.963 bits per heavy atom. The molecule has 0 atom stereocenters. The van der Waals surface area contributed by atoms with Gasteiger partial charge in [0.25, 0.3) is 0 Å². The molecular formula is C23H31N3O+2. The van der Waals surface area contributed by atoms with Crippen molar-refractivity contribution in [1.82, 2.24) is 0 Å². The summed E-state index contributed by atoms with van der Waals surface area (Å²) in [6.07, 6.45) is 5.08. The van der Waals surface area contributed by atoms with E-state index in [0.717, 1.165) is 37.4 Å². The highest BCUT2D eigenvalue weighted by atomic mass is 16.1. The number of para-hydroxylation sites is 1. The van der Waals surface area contributed by atoms with Crippen molar-refractivity contribution in [2.45, 2.75) is 13.3 Å². The predicted molar refractivity (Wildman–Crippen MR) is 111 cm³/mol. The topological polar surface area (TPSA) is 38.0 Å². The van der Waals surface area contributed by atoms with Crippen LogP contribution in [0.1, 0.15) is 17.5 Å². The smallest absolute Gasteiger partial charge is 0.230 e. The lowest BCUT2D eigenvalue weighted by molar-refractivity contribution is -1.01. The van der Waals surface area contributed by atoms with Crippen LogP contribution in [0.2, 0.25) is 0 Å². The van der Waals surface area contributed by atoms with Crippen LogP contribution in [0.25, 0.3) is 6.08 Å². The van der Waals surface area contributed by atoms with Gasteiger partial charge in [0.1, 0.15) is 26.2 Å². The normalized spacial score (nSPS) is 19.9. The zero-order chi connectivity index (χ0) is 18.9. The molecule has 1 aliphatic heterocycles. The Labute approximate surface area is 162 Å². The molecule has 27 heavy (non-hydrogen) atoms. The van der Waals surface area contributed by atoms with Gasteiger partial charge in [0.05, 0.1) is 19.5 Å². The van der Waals surface area contributed by atoms with Crippen molar-refractivity contribution in [3.8, 4) is 0 Å². The first kappa shape index (κ1) is 19.3. The lowest BCUT2D eigenvalue weighted by atomic mass is 10.2. The number of nitrogens with one attached hydrogen (secondary N) is 3. The number of piperazine rings is 1. The Hall–Kier alpha value is -2.43. The second kappa shape index (κ2) is 10.0. The van der Waals surface area contributed by atoms with Gasteiger partial charge in [-0.3, -0.25) is 4.79 Å². The predicted octanol–water partition coefficient (Wildman–Crippen LogP) is 0.820. The van der Waals surface area contributed by atoms with Gasteiger partial charge in [-0.1, -0.05) is 54.6 Å². The molecule has 0 aromatic heterocycles. The number of carbonyl (C=O) groups excluding carboxylic acids is 1. The van der Waals surface area contributed by atoms with E-state index in [-0.39, 0.29) is 5.91 Å². The number of carbonyl (C=O) groups is 1. The molecule has 0 radical (unpaired) electrons. The molecular weight excluding hydrogens is 334 g/mol. The van der Waals surface area contributed by atoms with Crippen LogP contribution in [0.5, 0.6) is 0 Å². The van der Waals surface area contributed by atoms with Gasteiger partial charge in [0, 0.05) is 5.69 Å². The van der Waals surface area contributed by atoms with Crippen molar-refractivity contribution in [2.24, 2.45) is 0 Å². The summed E-state index contributed by atoms with van der Waals surface area (Å²) >= 11 is 0. The van der Waals surface area contributed by atoms with E-state index in [1.807, 2.05) is 37.3 Å². The lowest BCUT2D eigenvalue weighted by Crippen LogP contribution is -3.28. The van der Waals surface area contributed by atoms with Crippen molar-refractivity contribution >= 4 is 17.7 Å². The summed E-state index contributed by atoms with van der Waals surface area (Å²) in [7, 11) is 0. The van der Waals surface area contributed by atoms with E-state index in [9.17, 15) is 4.79 Å². The molecule has 3 rings (SSSR count). The second-order valence-electron chi connectivity index (χ2n) is 7.38. The summed E-state index contributed by atoms with van der Waals surface area (Å²) in [6.45, 7) is 8.66. The maximum absolute atomic E-state index is 12.2. The van der Waals surface area contributed by atoms with E-state index in [4.69, 9.17) is 0 Å². The van der Waals surface area contributed by atoms with E-state index in [0.29, 0.717) is 6.42 Å². The molecule has 1 aliphatic rings. The van der Waals surface area contributed by atoms with Crippen LogP contribution in [0.4, 0.5) is 5.69 Å². The Morgan fingerprint density at radius 2 is 1.63 bits per heavy atom. The van der Waals surface area contributed by atoms with Gasteiger partial charge in [-0.15, -0.1) is 0 Å². The van der Waals surface area contributed by atoms with Crippen molar-refractivity contribution < 1.29 is 14.6 Å². The van der Waals surface area contributed by atoms with Crippen LogP contribution in [0.15, 0.2) is 60.7 Å². The fourth-order valence-electron chi connectivity index (χ4n) is 3.55. The first-order valence-corrected chi connectivity index (χ1v) is 9.95. The molecule has 3 N–H and O–H groups in total. The van der Waals surface area contributed by atoms with Gasteiger partial charge in [0.2, 0.25) is 5.91 Å². The molecule has 142 valence electrons. The zero-order valence-corrected chi connectivity index (χ0v) is 16.2. The first-order chi connectivity index (χ1) is 13.2. The lowest BCUT2D eigenvalue weighted by Gasteiger charge is -2.29. The van der Waals surface area contributed by atoms with Gasteiger partial charge >= 0.3 is 0 Å². The standard InChI is InChI=1S/C23H29N3O/c1-20-8-5-6-12-22(20)24-23(27)13-15-26-18-16-25(17-19-26)14-7-11-21-9-3-2-4-10-21/h2-12H,13-19H2,1H3,(H,24,27)/p+2. The Balaban J connectivity index is 1.34. The number of hydrogen-bond acceptors (Lipinski definition) is 1. The second-order valence-corrected chi connectivity index (χ2v) is 7.38. The fraction of sp³-hybridized carbons (Fsp3) is 0.348. The number of rotatable bonds is 7. The molecule has 2 aromatic carbocycles. The number of aryl methyl sites for hydroxylation is 1. The molecule has 4 nitrogen and oxygen atoms in total. The van der Waals surface area contributed by atoms with E-state index < -0.39 is 0 Å². The highest BCUT2D eigenvalue weighted by Crippen LogP contribution is 2.12. The largest absolute Gasteiger partial charge is 0.326 e. The molecule has 0 spiro atoms. The number of anilines is 1. The third-order valence-electron chi connectivity index (χ3n) is 5.31. The third-order valence-corrected chi connectivity index (χ3v) is 5.31. The average Bonchev–Trinajstić information content (AvgIpc) is 2.70. The zero-order valence-electron chi connectivity index (χ0n) is 16.2. The maximum atomic E-state index is 12.2. The average molecular weight is 366 g/mol. The maximum Gasteiger partial charge on any atom is 0.230 e. The number of benzene rings is 2. The number of quaternary nitrogens is 2. The van der Waals surface area contributed by atoms with Crippen LogP contribution in [0, 0.1) is 6.92 Å². The quantitative estimate of drug-likeness (QED) is 0.668. The van der Waals surface area contributed by atoms with Crippen molar-refractivity contribution in [3.05, 3.63) is 71.8 Å². The van der Waals surface area contributed by atoms with Crippen LogP contribution >= 0.6 is 0 Å². The summed E-state index contributed by atoms with van der Waals surface area (Å²) < 4.78 is 0. The summed E-state index contributed by atoms with van der Waals surface area (Å²) in [5, 5.41) is 3.04. The Morgan fingerprint density at radius 3 is 2.37 bits per heavy atom. The van der Waals surface area contributed by atoms with Crippen molar-refractivity contribution in [1.29, 1.82) is 0 Å². The Bertz CT molecular complexity index is 749. The third kappa shape index (κ3) is 6.35. The van der Waals surface area contributed by atoms with Crippen LogP contribution in [-0.4, -0.2) is 45.2 Å². The minimum absolute atomic E-state index is 0.123. The summed E-state index contributed by atoms with van der Waals surface area (Å²) in [4.78, 5) is 15.4. The van der Waals surface area contributed by atoms with Crippen molar-refractivity contribution in [3.63, 3.8) is 0 Å². The van der Waals surface area contributed by atoms with Gasteiger partial charge in [-0.2, -0.15) is 0 Å². The van der Waals surface area contributed by atoms with Gasteiger partial charge in [0.15, 0.2) is 0 Å². The number of amides is 1. The molecule has 1 fully saturated rings. The van der Waals surface area contributed by atoms with E-state index >= 15 is 0 Å². The molecule has 0 saturated carbocycles. The molecule has 2 aromatic rings. The van der Waals surface area contributed by atoms with Gasteiger partial charge < -0.3 is 15.1 Å². The molecule has 4 heteroatoms. The van der Waals surface area contributed by atoms with E-state index in [1.54, 1.807) is 9.80 Å². The van der Waals surface area contributed by atoms with E-state index in [1.165, 1.54) is 18.7 Å². The number of hydrogen-bond donors (Lipinski definition) is 3. The molecule has 0 aliphatic carbocycles. The minimum atomic E-state index is 0.123. The highest BCUT2D eigenvalue weighted by Gasteiger charge is 2.22. The minimum Gasteiger partial charge on any atom is -0.326 e. The van der Waals surface area contributed by atoms with Gasteiger partial charge in [-0.25, -0.2) is 0 Å². The van der Waals surface area contributed by atoms with Crippen LogP contribution in [0.3, 0.4) is 0 Å². The molecule has 0 unspecified atom stereocenters. The molecule has 1 saturated heterocycles. The summed E-state index contributed by atoms with van der Waals surface area (Å²) in [5.41, 5.74) is 3.30. The molecule has 0 bridgehead atoms. The van der Waals surface area contributed by atoms with Crippen molar-refractivity contribution in [2.75, 3.05) is 44.6 Å². The summed E-state index contributed by atoms with van der Waals surface area (Å²) in [5.74, 6) is 0.123. The van der Waals surface area contributed by atoms with Gasteiger partial charge in [-0.05, 0) is 30.2 Å². The Kier molecular flexibility index (Phi) is 7.19. The molecule has 1 heterocycles. The summed E-state index contributed by atoms with van der Waals surface area (Å²) in [6, 6.07) is 18.4. The highest BCUT2D eigenvalue weighted by molar-refractivity contribution is 5.91. The SMILES string of the molecule is Cc1ccccc1NC(=O)CC[NH+]1CC[NH+](CC=Cc2ccccc2)CC1.